The van der Waals surface area contributed by atoms with Crippen LogP contribution in [0.4, 0.5) is 5.69 Å². The first-order chi connectivity index (χ1) is 10.6. The number of halogens is 1. The van der Waals surface area contributed by atoms with Crippen molar-refractivity contribution in [2.75, 3.05) is 18.0 Å². The predicted molar refractivity (Wildman–Crippen MR) is 89.7 cm³/mol. The molecule has 22 heavy (non-hydrogen) atoms. The van der Waals surface area contributed by atoms with Crippen LogP contribution in [0.5, 0.6) is 0 Å². The molecule has 0 unspecified atom stereocenters. The molecule has 2 aromatic rings. The van der Waals surface area contributed by atoms with Gasteiger partial charge in [0.05, 0.1) is 10.7 Å². The zero-order valence-electron chi connectivity index (χ0n) is 12.6. The Labute approximate surface area is 135 Å². The lowest BCUT2D eigenvalue weighted by atomic mass is 9.88. The van der Waals surface area contributed by atoms with Crippen molar-refractivity contribution in [2.24, 2.45) is 5.92 Å². The normalized spacial score (nSPS) is 15.8. The third-order valence-electron chi connectivity index (χ3n) is 4.29. The van der Waals surface area contributed by atoms with Gasteiger partial charge in [0.15, 0.2) is 5.78 Å². The van der Waals surface area contributed by atoms with E-state index >= 15 is 0 Å². The molecule has 0 bridgehead atoms. The van der Waals surface area contributed by atoms with E-state index in [0.717, 1.165) is 37.2 Å². The number of carbonyl (C=O) groups excluding carboxylic acids is 1. The standard InChI is InChI=1S/C18H19ClN2O/c1-13-2-4-14(5-3-13)18(22)15-7-10-21(11-8-15)17-6-9-20-12-16(17)19/h2-6,9,12,15H,7-8,10-11H2,1H3. The Bertz CT molecular complexity index is 661. The quantitative estimate of drug-likeness (QED) is 0.798. The molecule has 3 nitrogen and oxygen atoms in total. The van der Waals surface area contributed by atoms with Gasteiger partial charge in [0.25, 0.3) is 0 Å². The molecule has 1 saturated heterocycles. The number of pyridine rings is 1. The largest absolute Gasteiger partial charge is 0.370 e. The van der Waals surface area contributed by atoms with Crippen molar-refractivity contribution in [2.45, 2.75) is 19.8 Å². The number of carbonyl (C=O) groups is 1. The van der Waals surface area contributed by atoms with Crippen LogP contribution in [0.3, 0.4) is 0 Å². The number of hydrogen-bond donors (Lipinski definition) is 0. The summed E-state index contributed by atoms with van der Waals surface area (Å²) in [4.78, 5) is 18.8. The van der Waals surface area contributed by atoms with Crippen LogP contribution in [0.1, 0.15) is 28.8 Å². The topological polar surface area (TPSA) is 33.2 Å². The van der Waals surface area contributed by atoms with Crippen LogP contribution in [0, 0.1) is 12.8 Å². The van der Waals surface area contributed by atoms with E-state index in [9.17, 15) is 4.79 Å². The van der Waals surface area contributed by atoms with Gasteiger partial charge in [-0.25, -0.2) is 0 Å². The van der Waals surface area contributed by atoms with Crippen LogP contribution in [0.25, 0.3) is 0 Å². The van der Waals surface area contributed by atoms with Crippen LogP contribution in [-0.4, -0.2) is 23.9 Å². The number of ketones is 1. The molecule has 0 amide bonds. The van der Waals surface area contributed by atoms with Crippen LogP contribution in [-0.2, 0) is 0 Å². The number of rotatable bonds is 3. The highest BCUT2D eigenvalue weighted by atomic mass is 35.5. The number of aryl methyl sites for hydroxylation is 1. The first-order valence-corrected chi connectivity index (χ1v) is 7.98. The van der Waals surface area contributed by atoms with E-state index in [-0.39, 0.29) is 11.7 Å². The van der Waals surface area contributed by atoms with Gasteiger partial charge in [0.1, 0.15) is 0 Å². The highest BCUT2D eigenvalue weighted by Crippen LogP contribution is 2.29. The molecule has 0 aliphatic carbocycles. The Morgan fingerprint density at radius 1 is 1.18 bits per heavy atom. The first-order valence-electron chi connectivity index (χ1n) is 7.60. The van der Waals surface area contributed by atoms with Gasteiger partial charge in [0, 0.05) is 37.0 Å². The van der Waals surface area contributed by atoms with Gasteiger partial charge < -0.3 is 4.90 Å². The number of anilines is 1. The number of piperidine rings is 1. The molecule has 0 atom stereocenters. The van der Waals surface area contributed by atoms with Gasteiger partial charge in [-0.05, 0) is 25.8 Å². The van der Waals surface area contributed by atoms with Crippen molar-refractivity contribution in [3.63, 3.8) is 0 Å². The molecular weight excluding hydrogens is 296 g/mol. The van der Waals surface area contributed by atoms with Gasteiger partial charge in [-0.3, -0.25) is 9.78 Å². The molecule has 1 aliphatic rings. The van der Waals surface area contributed by atoms with Gasteiger partial charge >= 0.3 is 0 Å². The molecule has 4 heteroatoms. The first kappa shape index (κ1) is 15.0. The zero-order valence-corrected chi connectivity index (χ0v) is 13.4. The fourth-order valence-corrected chi connectivity index (χ4v) is 3.20. The Morgan fingerprint density at radius 2 is 1.86 bits per heavy atom. The van der Waals surface area contributed by atoms with Gasteiger partial charge in [-0.1, -0.05) is 41.4 Å². The highest BCUT2D eigenvalue weighted by Gasteiger charge is 2.26. The van der Waals surface area contributed by atoms with E-state index in [1.54, 1.807) is 12.4 Å². The molecule has 1 aliphatic heterocycles. The highest BCUT2D eigenvalue weighted by molar-refractivity contribution is 6.33. The summed E-state index contributed by atoms with van der Waals surface area (Å²) in [6.45, 7) is 3.74. The van der Waals surface area contributed by atoms with Gasteiger partial charge in [-0.15, -0.1) is 0 Å². The molecule has 3 rings (SSSR count). The number of Topliss-reactive ketones (excluding diaryl/α,β-unsaturated/α-hetero) is 1. The fourth-order valence-electron chi connectivity index (χ4n) is 2.96. The van der Waals surface area contributed by atoms with Crippen LogP contribution in [0.2, 0.25) is 5.02 Å². The van der Waals surface area contributed by atoms with Crippen molar-refractivity contribution in [3.8, 4) is 0 Å². The summed E-state index contributed by atoms with van der Waals surface area (Å²) < 4.78 is 0. The molecule has 1 fully saturated rings. The summed E-state index contributed by atoms with van der Waals surface area (Å²) in [6, 6.07) is 9.80. The molecule has 0 radical (unpaired) electrons. The summed E-state index contributed by atoms with van der Waals surface area (Å²) in [6.07, 6.45) is 5.15. The molecular formula is C18H19ClN2O. The number of aromatic nitrogens is 1. The van der Waals surface area contributed by atoms with Gasteiger partial charge in [-0.2, -0.15) is 0 Å². The average molecular weight is 315 g/mol. The Hall–Kier alpha value is -1.87. The third-order valence-corrected chi connectivity index (χ3v) is 4.58. The second-order valence-electron chi connectivity index (χ2n) is 5.82. The van der Waals surface area contributed by atoms with Crippen molar-refractivity contribution >= 4 is 23.1 Å². The van der Waals surface area contributed by atoms with Crippen molar-refractivity contribution in [1.82, 2.24) is 4.98 Å². The monoisotopic (exact) mass is 314 g/mol. The summed E-state index contributed by atoms with van der Waals surface area (Å²) in [5.74, 6) is 0.375. The minimum Gasteiger partial charge on any atom is -0.370 e. The second-order valence-corrected chi connectivity index (χ2v) is 6.23. The van der Waals surface area contributed by atoms with E-state index < -0.39 is 0 Å². The minimum atomic E-state index is 0.111. The molecule has 1 aromatic heterocycles. The maximum Gasteiger partial charge on any atom is 0.166 e. The third kappa shape index (κ3) is 3.14. The molecule has 114 valence electrons. The Balaban J connectivity index is 1.65. The van der Waals surface area contributed by atoms with E-state index in [1.165, 1.54) is 5.56 Å². The SMILES string of the molecule is Cc1ccc(C(=O)C2CCN(c3ccncc3Cl)CC2)cc1. The lowest BCUT2D eigenvalue weighted by Crippen LogP contribution is -2.36. The minimum absolute atomic E-state index is 0.111. The van der Waals surface area contributed by atoms with Gasteiger partial charge in [0.2, 0.25) is 0 Å². The smallest absolute Gasteiger partial charge is 0.166 e. The van der Waals surface area contributed by atoms with E-state index in [4.69, 9.17) is 11.6 Å². The second kappa shape index (κ2) is 6.49. The van der Waals surface area contributed by atoms with Crippen molar-refractivity contribution < 1.29 is 4.79 Å². The molecule has 0 spiro atoms. The molecule has 1 aromatic carbocycles. The Kier molecular flexibility index (Phi) is 4.44. The summed E-state index contributed by atoms with van der Waals surface area (Å²) in [5, 5.41) is 0.672. The lowest BCUT2D eigenvalue weighted by molar-refractivity contribution is 0.0900. The lowest BCUT2D eigenvalue weighted by Gasteiger charge is -2.33. The van der Waals surface area contributed by atoms with Crippen molar-refractivity contribution in [1.29, 1.82) is 0 Å². The summed E-state index contributed by atoms with van der Waals surface area (Å²) in [7, 11) is 0. The number of nitrogens with zero attached hydrogens (tertiary/aromatic N) is 2. The zero-order chi connectivity index (χ0) is 15.5. The maximum absolute atomic E-state index is 12.6. The van der Waals surface area contributed by atoms with Crippen LogP contribution >= 0.6 is 11.6 Å². The summed E-state index contributed by atoms with van der Waals surface area (Å²) in [5.41, 5.74) is 3.02. The van der Waals surface area contributed by atoms with E-state index in [0.29, 0.717) is 5.02 Å². The molecule has 2 heterocycles. The maximum atomic E-state index is 12.6. The van der Waals surface area contributed by atoms with E-state index in [2.05, 4.69) is 9.88 Å². The van der Waals surface area contributed by atoms with E-state index in [1.807, 2.05) is 37.3 Å². The number of benzene rings is 1. The molecule has 0 saturated carbocycles. The fraction of sp³-hybridized carbons (Fsp3) is 0.333. The predicted octanol–water partition coefficient (Wildman–Crippen LogP) is 4.14. The molecule has 0 N–H and O–H groups in total. The number of hydrogen-bond acceptors (Lipinski definition) is 3. The summed E-state index contributed by atoms with van der Waals surface area (Å²) >= 11 is 6.20. The average Bonchev–Trinajstić information content (AvgIpc) is 2.56. The van der Waals surface area contributed by atoms with Crippen molar-refractivity contribution in [3.05, 3.63) is 58.9 Å². The van der Waals surface area contributed by atoms with Crippen LogP contribution < -0.4 is 4.90 Å². The van der Waals surface area contributed by atoms with Crippen LogP contribution in [0.15, 0.2) is 42.7 Å². The Morgan fingerprint density at radius 3 is 2.50 bits per heavy atom.